The Morgan fingerprint density at radius 2 is 2.06 bits per heavy atom. The fourth-order valence-electron chi connectivity index (χ4n) is 2.19. The highest BCUT2D eigenvalue weighted by atomic mass is 16.4. The van der Waals surface area contributed by atoms with Crippen LogP contribution in [-0.2, 0) is 4.79 Å². The molecule has 1 aromatic carbocycles. The number of carboxylic acids is 1. The van der Waals surface area contributed by atoms with E-state index in [4.69, 9.17) is 10.8 Å². The maximum atomic E-state index is 12.0. The molecular formula is C13H16N2O3. The number of hydrogen-bond donors (Lipinski definition) is 2. The highest BCUT2D eigenvalue weighted by molar-refractivity contribution is 6.02. The van der Waals surface area contributed by atoms with Crippen LogP contribution in [0.3, 0.4) is 0 Å². The summed E-state index contributed by atoms with van der Waals surface area (Å²) in [5, 5.41) is 9.16. The molecule has 5 heteroatoms. The normalized spacial score (nSPS) is 16.4. The predicted octanol–water partition coefficient (Wildman–Crippen LogP) is 1.87. The lowest BCUT2D eigenvalue weighted by Crippen LogP contribution is -2.31. The number of aromatic carboxylic acids is 1. The lowest BCUT2D eigenvalue weighted by atomic mass is 10.1. The molecule has 0 radical (unpaired) electrons. The standard InChI is InChI=1S/C13H16N2O3/c14-9-5-6-10(13(17)18)11(8-9)15-7-3-1-2-4-12(15)16/h5-6,8H,1-4,7,14H2,(H,17,18). The molecule has 1 heterocycles. The molecule has 1 amide bonds. The van der Waals surface area contributed by atoms with Gasteiger partial charge in [0.1, 0.15) is 0 Å². The van der Waals surface area contributed by atoms with E-state index in [2.05, 4.69) is 0 Å². The number of nitrogens with two attached hydrogens (primary N) is 1. The van der Waals surface area contributed by atoms with Crippen molar-refractivity contribution in [3.63, 3.8) is 0 Å². The van der Waals surface area contributed by atoms with Crippen molar-refractivity contribution in [1.29, 1.82) is 0 Å². The molecule has 0 saturated carbocycles. The number of amides is 1. The Kier molecular flexibility index (Phi) is 3.50. The molecule has 96 valence electrons. The number of benzene rings is 1. The molecule has 0 spiro atoms. The lowest BCUT2D eigenvalue weighted by Gasteiger charge is -2.22. The first-order valence-electron chi connectivity index (χ1n) is 6.03. The van der Waals surface area contributed by atoms with Crippen LogP contribution in [0.25, 0.3) is 0 Å². The highest BCUT2D eigenvalue weighted by Gasteiger charge is 2.23. The van der Waals surface area contributed by atoms with E-state index in [0.29, 0.717) is 24.3 Å². The Bertz CT molecular complexity index is 485. The van der Waals surface area contributed by atoms with Crippen LogP contribution in [0.5, 0.6) is 0 Å². The summed E-state index contributed by atoms with van der Waals surface area (Å²) < 4.78 is 0. The smallest absolute Gasteiger partial charge is 0.337 e. The third kappa shape index (κ3) is 2.45. The van der Waals surface area contributed by atoms with E-state index in [1.54, 1.807) is 11.0 Å². The largest absolute Gasteiger partial charge is 0.478 e. The summed E-state index contributed by atoms with van der Waals surface area (Å²) in [6.45, 7) is 0.558. The summed E-state index contributed by atoms with van der Waals surface area (Å²) in [5.74, 6) is -1.07. The van der Waals surface area contributed by atoms with Gasteiger partial charge in [0.05, 0.1) is 11.3 Å². The van der Waals surface area contributed by atoms with Crippen molar-refractivity contribution < 1.29 is 14.7 Å². The zero-order valence-electron chi connectivity index (χ0n) is 10.1. The SMILES string of the molecule is Nc1ccc(C(=O)O)c(N2CCCCCC2=O)c1. The van der Waals surface area contributed by atoms with Gasteiger partial charge in [0, 0.05) is 18.7 Å². The van der Waals surface area contributed by atoms with E-state index in [1.165, 1.54) is 12.1 Å². The van der Waals surface area contributed by atoms with Crippen molar-refractivity contribution >= 4 is 23.3 Å². The van der Waals surface area contributed by atoms with Gasteiger partial charge in [-0.05, 0) is 31.0 Å². The third-order valence-corrected chi connectivity index (χ3v) is 3.12. The molecule has 0 atom stereocenters. The molecule has 0 aliphatic carbocycles. The van der Waals surface area contributed by atoms with Gasteiger partial charge < -0.3 is 15.7 Å². The van der Waals surface area contributed by atoms with E-state index in [0.717, 1.165) is 19.3 Å². The molecular weight excluding hydrogens is 232 g/mol. The van der Waals surface area contributed by atoms with E-state index in [1.807, 2.05) is 0 Å². The minimum absolute atomic E-state index is 0.0272. The zero-order chi connectivity index (χ0) is 13.1. The molecule has 1 fully saturated rings. The van der Waals surface area contributed by atoms with Crippen LogP contribution in [0.2, 0.25) is 0 Å². The van der Waals surface area contributed by atoms with Gasteiger partial charge in [0.2, 0.25) is 5.91 Å². The van der Waals surface area contributed by atoms with Crippen LogP contribution in [0.15, 0.2) is 18.2 Å². The quantitative estimate of drug-likeness (QED) is 0.782. The summed E-state index contributed by atoms with van der Waals surface area (Å²) in [5.41, 5.74) is 6.69. The predicted molar refractivity (Wildman–Crippen MR) is 68.6 cm³/mol. The Hall–Kier alpha value is -2.04. The molecule has 18 heavy (non-hydrogen) atoms. The summed E-state index contributed by atoms with van der Waals surface area (Å²) in [4.78, 5) is 24.7. The van der Waals surface area contributed by atoms with Crippen molar-refractivity contribution in [1.82, 2.24) is 0 Å². The van der Waals surface area contributed by atoms with Gasteiger partial charge in [-0.3, -0.25) is 4.79 Å². The van der Waals surface area contributed by atoms with E-state index >= 15 is 0 Å². The Morgan fingerprint density at radius 3 is 2.78 bits per heavy atom. The highest BCUT2D eigenvalue weighted by Crippen LogP contribution is 2.27. The number of anilines is 2. The first-order chi connectivity index (χ1) is 8.59. The van der Waals surface area contributed by atoms with Crippen molar-refractivity contribution in [2.75, 3.05) is 17.2 Å². The Balaban J connectivity index is 2.44. The summed E-state index contributed by atoms with van der Waals surface area (Å²) in [6, 6.07) is 4.55. The number of rotatable bonds is 2. The van der Waals surface area contributed by atoms with Gasteiger partial charge >= 0.3 is 5.97 Å². The van der Waals surface area contributed by atoms with Gasteiger partial charge in [-0.25, -0.2) is 4.79 Å². The summed E-state index contributed by atoms with van der Waals surface area (Å²) >= 11 is 0. The fraction of sp³-hybridized carbons (Fsp3) is 0.385. The van der Waals surface area contributed by atoms with Crippen LogP contribution in [-0.4, -0.2) is 23.5 Å². The van der Waals surface area contributed by atoms with Crippen molar-refractivity contribution in [3.05, 3.63) is 23.8 Å². The second kappa shape index (κ2) is 5.08. The number of carbonyl (C=O) groups is 2. The van der Waals surface area contributed by atoms with E-state index in [-0.39, 0.29) is 11.5 Å². The molecule has 5 nitrogen and oxygen atoms in total. The molecule has 3 N–H and O–H groups in total. The van der Waals surface area contributed by atoms with Gasteiger partial charge in [0.15, 0.2) is 0 Å². The van der Waals surface area contributed by atoms with Gasteiger partial charge in [-0.2, -0.15) is 0 Å². The number of carbonyl (C=O) groups excluding carboxylic acids is 1. The summed E-state index contributed by atoms with van der Waals surface area (Å²) in [6.07, 6.45) is 3.21. The molecule has 0 bridgehead atoms. The van der Waals surface area contributed by atoms with Crippen molar-refractivity contribution in [3.8, 4) is 0 Å². The number of hydrogen-bond acceptors (Lipinski definition) is 3. The van der Waals surface area contributed by atoms with Crippen LogP contribution >= 0.6 is 0 Å². The molecule has 2 rings (SSSR count). The second-order valence-electron chi connectivity index (χ2n) is 4.44. The van der Waals surface area contributed by atoms with Crippen LogP contribution in [0.4, 0.5) is 11.4 Å². The van der Waals surface area contributed by atoms with Gasteiger partial charge in [-0.15, -0.1) is 0 Å². The fourth-order valence-corrected chi connectivity index (χ4v) is 2.19. The maximum absolute atomic E-state index is 12.0. The molecule has 1 aromatic rings. The number of carboxylic acid groups (broad SMARTS) is 1. The van der Waals surface area contributed by atoms with Crippen LogP contribution in [0.1, 0.15) is 36.0 Å². The maximum Gasteiger partial charge on any atom is 0.337 e. The first-order valence-corrected chi connectivity index (χ1v) is 6.03. The van der Waals surface area contributed by atoms with Gasteiger partial charge in [-0.1, -0.05) is 6.42 Å². The Morgan fingerprint density at radius 1 is 1.28 bits per heavy atom. The number of nitrogens with zero attached hydrogens (tertiary/aromatic N) is 1. The lowest BCUT2D eigenvalue weighted by molar-refractivity contribution is -0.118. The number of nitrogen functional groups attached to an aromatic ring is 1. The average Bonchev–Trinajstić information content (AvgIpc) is 2.53. The first kappa shape index (κ1) is 12.4. The average molecular weight is 248 g/mol. The third-order valence-electron chi connectivity index (χ3n) is 3.12. The molecule has 1 aliphatic heterocycles. The monoisotopic (exact) mass is 248 g/mol. The van der Waals surface area contributed by atoms with Crippen LogP contribution < -0.4 is 10.6 Å². The second-order valence-corrected chi connectivity index (χ2v) is 4.44. The zero-order valence-corrected chi connectivity index (χ0v) is 10.1. The molecule has 1 aliphatic rings. The minimum Gasteiger partial charge on any atom is -0.478 e. The Labute approximate surface area is 105 Å². The summed E-state index contributed by atoms with van der Waals surface area (Å²) in [7, 11) is 0. The van der Waals surface area contributed by atoms with Crippen molar-refractivity contribution in [2.45, 2.75) is 25.7 Å². The van der Waals surface area contributed by atoms with Gasteiger partial charge in [0.25, 0.3) is 0 Å². The van der Waals surface area contributed by atoms with Crippen LogP contribution in [0, 0.1) is 0 Å². The molecule has 1 saturated heterocycles. The molecule has 0 aromatic heterocycles. The minimum atomic E-state index is -1.04. The van der Waals surface area contributed by atoms with E-state index in [9.17, 15) is 9.59 Å². The topological polar surface area (TPSA) is 83.6 Å². The molecule has 0 unspecified atom stereocenters. The van der Waals surface area contributed by atoms with Crippen molar-refractivity contribution in [2.24, 2.45) is 0 Å². The van der Waals surface area contributed by atoms with E-state index < -0.39 is 5.97 Å².